The lowest BCUT2D eigenvalue weighted by molar-refractivity contribution is -0.156. The Morgan fingerprint density at radius 1 is 1.26 bits per heavy atom. The molecule has 0 amide bonds. The van der Waals surface area contributed by atoms with Crippen LogP contribution in [0.15, 0.2) is 41.5 Å². The van der Waals surface area contributed by atoms with Crippen LogP contribution >= 0.6 is 0 Å². The molecule has 1 spiro atoms. The van der Waals surface area contributed by atoms with Crippen LogP contribution in [-0.2, 0) is 10.3 Å². The Morgan fingerprint density at radius 2 is 2.10 bits per heavy atom. The number of piperidine rings is 1. The largest absolute Gasteiger partial charge is 0.490 e. The predicted octanol–water partition coefficient (Wildman–Crippen LogP) is 3.07. The van der Waals surface area contributed by atoms with Crippen LogP contribution in [0.5, 0.6) is 5.75 Å². The summed E-state index contributed by atoms with van der Waals surface area (Å²) in [6.07, 6.45) is -2.83. The quantitative estimate of drug-likeness (QED) is 0.579. The Morgan fingerprint density at radius 3 is 2.81 bits per heavy atom. The maximum atomic E-state index is 14.3. The van der Waals surface area contributed by atoms with E-state index in [4.69, 9.17) is 15.2 Å². The summed E-state index contributed by atoms with van der Waals surface area (Å²) in [5.74, 6) is -0.461. The Bertz CT molecular complexity index is 1040. The second-order valence-electron chi connectivity index (χ2n) is 8.12. The van der Waals surface area contributed by atoms with Gasteiger partial charge in [0.25, 0.3) is 6.02 Å². The molecule has 0 bridgehead atoms. The van der Waals surface area contributed by atoms with Crippen molar-refractivity contribution in [1.82, 2.24) is 9.88 Å². The molecule has 31 heavy (non-hydrogen) atoms. The molecule has 0 aliphatic carbocycles. The molecule has 164 valence electrons. The molecule has 3 aliphatic heterocycles. The van der Waals surface area contributed by atoms with Crippen molar-refractivity contribution in [1.29, 1.82) is 0 Å². The van der Waals surface area contributed by atoms with Gasteiger partial charge in [-0.25, -0.2) is 9.98 Å². The number of pyridine rings is 1. The Kier molecular flexibility index (Phi) is 4.58. The van der Waals surface area contributed by atoms with Gasteiger partial charge < -0.3 is 15.2 Å². The maximum absolute atomic E-state index is 14.3. The molecule has 5 rings (SSSR count). The number of likely N-dealkylation sites (tertiary alicyclic amines) is 1. The summed E-state index contributed by atoms with van der Waals surface area (Å²) in [7, 11) is 0. The van der Waals surface area contributed by atoms with Crippen LogP contribution in [0.2, 0.25) is 0 Å². The molecule has 2 unspecified atom stereocenters. The third kappa shape index (κ3) is 3.48. The van der Waals surface area contributed by atoms with Gasteiger partial charge in [-0.05, 0) is 36.2 Å². The van der Waals surface area contributed by atoms with Crippen LogP contribution < -0.4 is 10.5 Å². The number of nitrogens with two attached hydrogens (primary N) is 1. The van der Waals surface area contributed by atoms with E-state index >= 15 is 0 Å². The Hall–Kier alpha value is -2.88. The van der Waals surface area contributed by atoms with E-state index in [-0.39, 0.29) is 31.8 Å². The lowest BCUT2D eigenvalue weighted by atomic mass is 9.71. The van der Waals surface area contributed by atoms with E-state index in [9.17, 15) is 17.6 Å². The molecule has 2 N–H and O–H groups in total. The van der Waals surface area contributed by atoms with E-state index in [2.05, 4.69) is 9.98 Å². The third-order valence-electron chi connectivity index (χ3n) is 6.19. The topological polar surface area (TPSA) is 73.0 Å². The highest BCUT2D eigenvalue weighted by Crippen LogP contribution is 2.51. The molecule has 6 nitrogen and oxygen atoms in total. The highest BCUT2D eigenvalue weighted by Gasteiger charge is 2.56. The van der Waals surface area contributed by atoms with E-state index < -0.39 is 30.1 Å². The zero-order valence-corrected chi connectivity index (χ0v) is 16.4. The van der Waals surface area contributed by atoms with Crippen LogP contribution in [0.4, 0.5) is 17.6 Å². The SMILES string of the molecule is NC1=NC2(CO1)c1cc(-c3cccnc3F)ccc1OC1CCN(CC(F)(F)F)C[C@@H]12. The smallest absolute Gasteiger partial charge is 0.401 e. The summed E-state index contributed by atoms with van der Waals surface area (Å²) in [6.45, 7) is -0.504. The number of halogens is 4. The first-order valence-electron chi connectivity index (χ1n) is 9.94. The van der Waals surface area contributed by atoms with Crippen molar-refractivity contribution in [3.8, 4) is 16.9 Å². The predicted molar refractivity (Wildman–Crippen MR) is 104 cm³/mol. The maximum Gasteiger partial charge on any atom is 0.401 e. The number of hydrogen-bond acceptors (Lipinski definition) is 6. The monoisotopic (exact) mass is 436 g/mol. The minimum Gasteiger partial charge on any atom is -0.490 e. The van der Waals surface area contributed by atoms with Gasteiger partial charge in [-0.15, -0.1) is 0 Å². The average Bonchev–Trinajstić information content (AvgIpc) is 3.10. The summed E-state index contributed by atoms with van der Waals surface area (Å²) in [4.78, 5) is 9.63. The second kappa shape index (κ2) is 7.08. The standard InChI is InChI=1S/C21H20F4N4O2/c22-18-13(2-1-6-27-18)12-3-4-16-14(8-12)20(11-30-19(26)28-20)15-9-29(10-21(23,24)25)7-5-17(15)31-16/h1-4,6,8,15,17H,5,7,9-11H2,(H2,26,28)/t15-,17?,20?/m0/s1. The first-order valence-corrected chi connectivity index (χ1v) is 9.94. The van der Waals surface area contributed by atoms with Gasteiger partial charge in [0, 0.05) is 36.3 Å². The van der Waals surface area contributed by atoms with Crippen molar-refractivity contribution in [2.75, 3.05) is 26.2 Å². The molecule has 1 saturated heterocycles. The molecule has 10 heteroatoms. The minimum atomic E-state index is -4.30. The number of aromatic nitrogens is 1. The molecule has 2 aromatic rings. The van der Waals surface area contributed by atoms with E-state index in [1.54, 1.807) is 30.3 Å². The van der Waals surface area contributed by atoms with Gasteiger partial charge in [-0.2, -0.15) is 17.6 Å². The number of amidine groups is 1. The summed E-state index contributed by atoms with van der Waals surface area (Å²) >= 11 is 0. The van der Waals surface area contributed by atoms with E-state index in [1.807, 2.05) is 0 Å². The highest BCUT2D eigenvalue weighted by molar-refractivity contribution is 5.75. The molecule has 0 saturated carbocycles. The summed E-state index contributed by atoms with van der Waals surface area (Å²) in [5.41, 5.74) is 6.35. The summed E-state index contributed by atoms with van der Waals surface area (Å²) in [6, 6.07) is 8.44. The van der Waals surface area contributed by atoms with Gasteiger partial charge in [0.15, 0.2) is 0 Å². The van der Waals surface area contributed by atoms with Gasteiger partial charge in [-0.3, -0.25) is 4.90 Å². The summed E-state index contributed by atoms with van der Waals surface area (Å²) in [5, 5.41) is 0. The van der Waals surface area contributed by atoms with Gasteiger partial charge in [0.2, 0.25) is 5.95 Å². The lowest BCUT2D eigenvalue weighted by Gasteiger charge is -2.49. The number of benzene rings is 1. The first-order chi connectivity index (χ1) is 14.7. The first kappa shape index (κ1) is 20.0. The van der Waals surface area contributed by atoms with E-state index in [0.29, 0.717) is 28.9 Å². The van der Waals surface area contributed by atoms with Crippen molar-refractivity contribution < 1.29 is 27.0 Å². The molecule has 3 atom stereocenters. The van der Waals surface area contributed by atoms with Gasteiger partial charge in [0.1, 0.15) is 24.0 Å². The fourth-order valence-corrected chi connectivity index (χ4v) is 4.87. The number of aliphatic imine (C=N–C) groups is 1. The van der Waals surface area contributed by atoms with Crippen molar-refractivity contribution in [2.45, 2.75) is 24.2 Å². The Balaban J connectivity index is 1.58. The van der Waals surface area contributed by atoms with Crippen LogP contribution in [0.25, 0.3) is 11.1 Å². The molecular weight excluding hydrogens is 416 g/mol. The van der Waals surface area contributed by atoms with Crippen LogP contribution in [0.1, 0.15) is 12.0 Å². The number of ether oxygens (including phenoxy) is 2. The fourth-order valence-electron chi connectivity index (χ4n) is 4.87. The van der Waals surface area contributed by atoms with Crippen molar-refractivity contribution >= 4 is 6.02 Å². The van der Waals surface area contributed by atoms with Crippen molar-refractivity contribution in [3.63, 3.8) is 0 Å². The Labute approximate surface area is 175 Å². The van der Waals surface area contributed by atoms with Crippen LogP contribution in [-0.4, -0.2) is 54.4 Å². The minimum absolute atomic E-state index is 0.0162. The van der Waals surface area contributed by atoms with Gasteiger partial charge >= 0.3 is 6.18 Å². The number of fused-ring (bicyclic) bond motifs is 4. The van der Waals surface area contributed by atoms with Gasteiger partial charge in [-0.1, -0.05) is 6.07 Å². The number of alkyl halides is 3. The molecule has 1 aromatic carbocycles. The fraction of sp³-hybridized carbons (Fsp3) is 0.429. The molecule has 1 aromatic heterocycles. The van der Waals surface area contributed by atoms with E-state index in [1.165, 1.54) is 11.1 Å². The lowest BCUT2D eigenvalue weighted by Crippen LogP contribution is -2.58. The van der Waals surface area contributed by atoms with Crippen LogP contribution in [0, 0.1) is 11.9 Å². The van der Waals surface area contributed by atoms with Crippen molar-refractivity contribution in [2.24, 2.45) is 16.6 Å². The van der Waals surface area contributed by atoms with Gasteiger partial charge in [0.05, 0.1) is 6.54 Å². The molecule has 0 radical (unpaired) electrons. The highest BCUT2D eigenvalue weighted by atomic mass is 19.4. The zero-order valence-electron chi connectivity index (χ0n) is 16.4. The number of hydrogen-bond donors (Lipinski definition) is 1. The third-order valence-corrected chi connectivity index (χ3v) is 6.19. The zero-order chi connectivity index (χ0) is 21.8. The number of rotatable bonds is 2. The average molecular weight is 436 g/mol. The number of nitrogens with zero attached hydrogens (tertiary/aromatic N) is 3. The molecule has 4 heterocycles. The van der Waals surface area contributed by atoms with Crippen LogP contribution in [0.3, 0.4) is 0 Å². The van der Waals surface area contributed by atoms with E-state index in [0.717, 1.165) is 0 Å². The van der Waals surface area contributed by atoms with Crippen molar-refractivity contribution in [3.05, 3.63) is 48.0 Å². The molecular formula is C21H20F4N4O2. The second-order valence-corrected chi connectivity index (χ2v) is 8.12. The normalized spacial score (nSPS) is 27.8. The molecule has 3 aliphatic rings. The molecule has 1 fully saturated rings. The summed E-state index contributed by atoms with van der Waals surface area (Å²) < 4.78 is 65.0.